The molecule has 0 N–H and O–H groups in total. The van der Waals surface area contributed by atoms with Crippen molar-refractivity contribution in [2.24, 2.45) is 0 Å². The minimum atomic E-state index is 0. The van der Waals surface area contributed by atoms with Crippen LogP contribution >= 0.6 is 0 Å². The van der Waals surface area contributed by atoms with E-state index in [1.165, 1.54) is 6.29 Å². The van der Waals surface area contributed by atoms with Gasteiger partial charge in [0.15, 0.2) is 0 Å². The summed E-state index contributed by atoms with van der Waals surface area (Å²) < 4.78 is 0. The number of rotatable bonds is 1. The Bertz CT molecular complexity index is 27.9. The van der Waals surface area contributed by atoms with Gasteiger partial charge < -0.3 is 4.79 Å². The third kappa shape index (κ3) is 14.5. The number of allylic oxidation sites excluding steroid dienone is 1. The fraction of sp³-hybridized carbons (Fsp3) is 0. The Balaban J connectivity index is 0. The molecule has 1 nitrogen and oxygen atoms in total. The van der Waals surface area contributed by atoms with Crippen molar-refractivity contribution in [1.29, 1.82) is 0 Å². The van der Waals surface area contributed by atoms with Crippen molar-refractivity contribution in [3.63, 3.8) is 0 Å². The molecule has 27 valence electrons. The van der Waals surface area contributed by atoms with E-state index in [-0.39, 0.29) is 22.4 Å². The molecule has 2 heteroatoms. The predicted molar refractivity (Wildman–Crippen MR) is 15.9 cm³/mol. The van der Waals surface area contributed by atoms with Crippen LogP contribution in [0.5, 0.6) is 0 Å². The number of hydrogen-bond acceptors (Lipinski definition) is 1. The van der Waals surface area contributed by atoms with Crippen molar-refractivity contribution in [2.75, 3.05) is 0 Å². The second-order valence-corrected chi connectivity index (χ2v) is 0.322. The van der Waals surface area contributed by atoms with Crippen LogP contribution in [0.3, 0.4) is 0 Å². The van der Waals surface area contributed by atoms with Gasteiger partial charge in [-0.1, -0.05) is 0 Å². The van der Waals surface area contributed by atoms with Crippen LogP contribution in [0.15, 0.2) is 12.7 Å². The molecule has 0 heterocycles. The van der Waals surface area contributed by atoms with Gasteiger partial charge in [0.05, 0.1) is 0 Å². The van der Waals surface area contributed by atoms with E-state index in [0.29, 0.717) is 0 Å². The van der Waals surface area contributed by atoms with Crippen LogP contribution in [-0.2, 0) is 27.2 Å². The first-order valence-electron chi connectivity index (χ1n) is 0.901. The van der Waals surface area contributed by atoms with Crippen molar-refractivity contribution < 1.29 is 27.2 Å². The van der Waals surface area contributed by atoms with E-state index in [4.69, 9.17) is 4.79 Å². The van der Waals surface area contributed by atoms with Gasteiger partial charge in [0, 0.05) is 22.4 Å². The minimum Gasteiger partial charge on any atom is -0.419 e. The first-order chi connectivity index (χ1) is 1.91. The zero-order valence-electron chi connectivity index (χ0n) is 2.64. The van der Waals surface area contributed by atoms with Gasteiger partial charge in [-0.2, -0.15) is 0 Å². The molecule has 0 atom stereocenters. The maximum Gasteiger partial charge on any atom is 0 e. The topological polar surface area (TPSA) is 17.1 Å². The molecule has 0 bridgehead atoms. The predicted octanol–water partition coefficient (Wildman–Crippen LogP) is 0.280. The van der Waals surface area contributed by atoms with E-state index >= 15 is 0 Å². The zero-order valence-corrected chi connectivity index (χ0v) is 4.84. The number of hydrogen-bond donors (Lipinski definition) is 0. The van der Waals surface area contributed by atoms with Crippen LogP contribution in [0.1, 0.15) is 0 Å². The molecule has 5 heavy (non-hydrogen) atoms. The van der Waals surface area contributed by atoms with E-state index in [1.807, 2.05) is 0 Å². The van der Waals surface area contributed by atoms with Gasteiger partial charge in [-0.25, -0.2) is 12.7 Å². The Hall–Kier alpha value is 0.150. The summed E-state index contributed by atoms with van der Waals surface area (Å²) in [7, 11) is 0. The van der Waals surface area contributed by atoms with Gasteiger partial charge in [-0.3, -0.25) is 0 Å². The molecule has 1 radical (unpaired) electrons. The van der Waals surface area contributed by atoms with Crippen molar-refractivity contribution >= 4 is 6.29 Å². The van der Waals surface area contributed by atoms with Crippen LogP contribution in [0.4, 0.5) is 0 Å². The van der Waals surface area contributed by atoms with Crippen molar-refractivity contribution in [3.05, 3.63) is 12.7 Å². The summed E-state index contributed by atoms with van der Waals surface area (Å²) >= 11 is 0. The first-order valence-corrected chi connectivity index (χ1v) is 0.901. The fourth-order valence-corrected chi connectivity index (χ4v) is 0. The van der Waals surface area contributed by atoms with Crippen LogP contribution in [0, 0.1) is 0 Å². The molecule has 0 rings (SSSR count). The van der Waals surface area contributed by atoms with Crippen LogP contribution in [0.2, 0.25) is 0 Å². The van der Waals surface area contributed by atoms with E-state index in [2.05, 4.69) is 6.58 Å². The van der Waals surface area contributed by atoms with E-state index in [9.17, 15) is 0 Å². The molecule has 0 aliphatic rings. The van der Waals surface area contributed by atoms with Crippen molar-refractivity contribution in [3.8, 4) is 0 Å². The Morgan fingerprint density at radius 1 is 1.80 bits per heavy atom. The van der Waals surface area contributed by atoms with Gasteiger partial charge >= 0.3 is 0 Å². The van der Waals surface area contributed by atoms with Crippen molar-refractivity contribution in [2.45, 2.75) is 0 Å². The smallest absolute Gasteiger partial charge is 0 e. The summed E-state index contributed by atoms with van der Waals surface area (Å²) in [6.07, 6.45) is 2.51. The molecular formula is C3H3NbO-. The molecule has 0 saturated carbocycles. The molecule has 0 fully saturated rings. The fourth-order valence-electron chi connectivity index (χ4n) is 0. The summed E-state index contributed by atoms with van der Waals surface area (Å²) in [6.45, 7) is 3.06. The molecule has 0 unspecified atom stereocenters. The summed E-state index contributed by atoms with van der Waals surface area (Å²) in [4.78, 5) is 8.93. The third-order valence-corrected chi connectivity index (χ3v) is 0.0833. The minimum absolute atomic E-state index is 0. The van der Waals surface area contributed by atoms with Gasteiger partial charge in [0.25, 0.3) is 0 Å². The Morgan fingerprint density at radius 2 is 2.00 bits per heavy atom. The normalized spacial score (nSPS) is 4.00. The van der Waals surface area contributed by atoms with E-state index < -0.39 is 0 Å². The van der Waals surface area contributed by atoms with Gasteiger partial charge in [-0.05, 0) is 6.29 Å². The Labute approximate surface area is 46.6 Å². The van der Waals surface area contributed by atoms with Gasteiger partial charge in [0.1, 0.15) is 0 Å². The summed E-state index contributed by atoms with van der Waals surface area (Å²) in [6, 6.07) is 0. The van der Waals surface area contributed by atoms with Gasteiger partial charge in [-0.15, -0.1) is 0 Å². The zero-order chi connectivity index (χ0) is 3.41. The standard InChI is InChI=1S/C3H3O.Nb/c1-2-3-4;/h2H,1H2;/q-1;. The molecule has 0 spiro atoms. The molecular weight excluding hydrogens is 145 g/mol. The molecule has 0 aromatic heterocycles. The monoisotopic (exact) mass is 148 g/mol. The largest absolute Gasteiger partial charge is 0.419 e. The quantitative estimate of drug-likeness (QED) is 0.296. The third-order valence-electron chi connectivity index (χ3n) is 0.0833. The Kier molecular flexibility index (Phi) is 15.9. The van der Waals surface area contributed by atoms with Crippen molar-refractivity contribution in [1.82, 2.24) is 0 Å². The average Bonchev–Trinajstić information content (AvgIpc) is 1.37. The molecule has 0 aromatic rings. The molecule has 0 amide bonds. The first kappa shape index (κ1) is 8.94. The molecule has 0 aliphatic heterocycles. The molecule has 0 aliphatic carbocycles. The Morgan fingerprint density at radius 3 is 2.00 bits per heavy atom. The summed E-state index contributed by atoms with van der Waals surface area (Å²) in [5.74, 6) is 0. The number of carbonyl (C=O) groups excluding carboxylic acids is 1. The summed E-state index contributed by atoms with van der Waals surface area (Å²) in [5.41, 5.74) is 0. The maximum atomic E-state index is 8.93. The second-order valence-electron chi connectivity index (χ2n) is 0.322. The van der Waals surface area contributed by atoms with Crippen LogP contribution in [-0.4, -0.2) is 6.29 Å². The average molecular weight is 148 g/mol. The molecule has 0 saturated heterocycles. The van der Waals surface area contributed by atoms with Crippen LogP contribution < -0.4 is 0 Å². The van der Waals surface area contributed by atoms with E-state index in [0.717, 1.165) is 6.08 Å². The van der Waals surface area contributed by atoms with Gasteiger partial charge in [0.2, 0.25) is 0 Å². The van der Waals surface area contributed by atoms with Crippen LogP contribution in [0.25, 0.3) is 0 Å². The maximum absolute atomic E-state index is 8.93. The summed E-state index contributed by atoms with van der Waals surface area (Å²) in [5, 5.41) is 0. The second kappa shape index (κ2) is 8.91. The molecule has 0 aromatic carbocycles. The van der Waals surface area contributed by atoms with E-state index in [1.54, 1.807) is 0 Å². The SMILES string of the molecule is C=C[C-]=O.[Nb].